The standard InChI is InChI=1S/C27H26FN5O/c1-3-25-22(7-4-17-5-9-26(29)31-14-17)21(10-11-30-25)18-6-8-23(24(28)12-18)27(34)33-16-19-13-20(33)15-32(19)2/h5-6,8-12,14,19-20H,3,13,15-16H2,1-2H3,(H2,29,31)/t19-,20?/m0/s1. The summed E-state index contributed by atoms with van der Waals surface area (Å²) in [7, 11) is 2.07. The number of likely N-dealkylation sites (N-methyl/N-ethyl adjacent to an activating group) is 1. The third kappa shape index (κ3) is 4.02. The number of anilines is 1. The van der Waals surface area contributed by atoms with Gasteiger partial charge in [0.15, 0.2) is 0 Å². The van der Waals surface area contributed by atoms with Crippen LogP contribution in [0, 0.1) is 17.7 Å². The molecule has 7 heteroatoms. The topological polar surface area (TPSA) is 75.4 Å². The average molecular weight is 456 g/mol. The van der Waals surface area contributed by atoms with E-state index in [4.69, 9.17) is 5.73 Å². The number of halogens is 1. The van der Waals surface area contributed by atoms with Crippen molar-refractivity contribution in [2.45, 2.75) is 31.8 Å². The number of nitrogens with zero attached hydrogens (tertiary/aromatic N) is 4. The Morgan fingerprint density at radius 1 is 1.15 bits per heavy atom. The second kappa shape index (κ2) is 8.88. The van der Waals surface area contributed by atoms with Gasteiger partial charge in [-0.15, -0.1) is 0 Å². The van der Waals surface area contributed by atoms with Gasteiger partial charge >= 0.3 is 0 Å². The minimum atomic E-state index is -0.518. The molecule has 5 rings (SSSR count). The molecule has 1 unspecified atom stereocenters. The van der Waals surface area contributed by atoms with E-state index < -0.39 is 5.82 Å². The smallest absolute Gasteiger partial charge is 0.257 e. The molecule has 2 atom stereocenters. The summed E-state index contributed by atoms with van der Waals surface area (Å²) >= 11 is 0. The quantitative estimate of drug-likeness (QED) is 0.613. The van der Waals surface area contributed by atoms with Crippen molar-refractivity contribution >= 4 is 11.7 Å². The number of nitrogen functional groups attached to an aromatic ring is 1. The van der Waals surface area contributed by atoms with Crippen LogP contribution in [0.25, 0.3) is 11.1 Å². The van der Waals surface area contributed by atoms with Gasteiger partial charge in [0.05, 0.1) is 16.8 Å². The van der Waals surface area contributed by atoms with Crippen LogP contribution in [0.1, 0.15) is 40.5 Å². The number of nitrogens with two attached hydrogens (primary N) is 1. The number of hydrogen-bond donors (Lipinski definition) is 1. The Kier molecular flexibility index (Phi) is 5.76. The molecule has 34 heavy (non-hydrogen) atoms. The summed E-state index contributed by atoms with van der Waals surface area (Å²) in [5.41, 5.74) is 9.50. The summed E-state index contributed by atoms with van der Waals surface area (Å²) in [5, 5.41) is 0. The number of fused-ring (bicyclic) bond motifs is 2. The van der Waals surface area contributed by atoms with E-state index in [1.807, 2.05) is 17.9 Å². The molecule has 6 nitrogen and oxygen atoms in total. The zero-order valence-electron chi connectivity index (χ0n) is 19.3. The molecule has 0 saturated carbocycles. The first-order valence-corrected chi connectivity index (χ1v) is 11.5. The number of rotatable bonds is 3. The average Bonchev–Trinajstić information content (AvgIpc) is 3.42. The molecular weight excluding hydrogens is 429 g/mol. The van der Waals surface area contributed by atoms with Crippen molar-refractivity contribution in [1.82, 2.24) is 19.8 Å². The summed E-state index contributed by atoms with van der Waals surface area (Å²) in [6, 6.07) is 10.7. The molecule has 2 aliphatic rings. The third-order valence-corrected chi connectivity index (χ3v) is 6.77. The number of likely N-dealkylation sites (tertiary alicyclic amines) is 2. The van der Waals surface area contributed by atoms with Gasteiger partial charge in [-0.3, -0.25) is 14.7 Å². The second-order valence-corrected chi connectivity index (χ2v) is 8.89. The van der Waals surface area contributed by atoms with E-state index >= 15 is 4.39 Å². The third-order valence-electron chi connectivity index (χ3n) is 6.77. The maximum atomic E-state index is 15.2. The summed E-state index contributed by atoms with van der Waals surface area (Å²) in [5.74, 6) is 5.98. The number of carbonyl (C=O) groups is 1. The summed E-state index contributed by atoms with van der Waals surface area (Å²) in [6.07, 6.45) is 4.97. The number of aromatic nitrogens is 2. The van der Waals surface area contributed by atoms with Gasteiger partial charge in [0, 0.05) is 48.7 Å². The highest BCUT2D eigenvalue weighted by atomic mass is 19.1. The highest BCUT2D eigenvalue weighted by Crippen LogP contribution is 2.32. The normalized spacial score (nSPS) is 19.2. The first-order chi connectivity index (χ1) is 16.4. The maximum Gasteiger partial charge on any atom is 0.257 e. The highest BCUT2D eigenvalue weighted by molar-refractivity contribution is 5.95. The van der Waals surface area contributed by atoms with E-state index in [9.17, 15) is 4.79 Å². The number of piperazine rings is 1. The van der Waals surface area contributed by atoms with E-state index in [1.165, 1.54) is 6.07 Å². The fraction of sp³-hybridized carbons (Fsp3) is 0.296. The molecule has 172 valence electrons. The second-order valence-electron chi connectivity index (χ2n) is 8.89. The molecule has 1 amide bonds. The number of carbonyl (C=O) groups excluding carboxylic acids is 1. The Morgan fingerprint density at radius 3 is 2.65 bits per heavy atom. The van der Waals surface area contributed by atoms with Crippen molar-refractivity contribution < 1.29 is 9.18 Å². The van der Waals surface area contributed by atoms with Crippen LogP contribution in [0.15, 0.2) is 48.8 Å². The molecule has 2 saturated heterocycles. The van der Waals surface area contributed by atoms with Crippen molar-refractivity contribution in [2.24, 2.45) is 0 Å². The molecule has 3 aromatic rings. The van der Waals surface area contributed by atoms with Gasteiger partial charge in [0.1, 0.15) is 11.6 Å². The van der Waals surface area contributed by atoms with Gasteiger partial charge in [-0.25, -0.2) is 9.37 Å². The SMILES string of the molecule is CCc1nccc(-c2ccc(C(=O)N3C[C@@H]4CC3CN4C)c(F)c2)c1C#Cc1ccc(N)nc1. The van der Waals surface area contributed by atoms with Crippen molar-refractivity contribution in [1.29, 1.82) is 0 Å². The van der Waals surface area contributed by atoms with Crippen molar-refractivity contribution in [3.05, 3.63) is 77.0 Å². The van der Waals surface area contributed by atoms with Gasteiger partial charge in [-0.1, -0.05) is 24.8 Å². The van der Waals surface area contributed by atoms with Crippen LogP contribution >= 0.6 is 0 Å². The van der Waals surface area contributed by atoms with Gasteiger partial charge in [0.2, 0.25) is 0 Å². The molecule has 1 aromatic carbocycles. The summed E-state index contributed by atoms with van der Waals surface area (Å²) in [4.78, 5) is 25.7. The lowest BCUT2D eigenvalue weighted by atomic mass is 9.96. The predicted octanol–water partition coefficient (Wildman–Crippen LogP) is 3.36. The molecule has 2 bridgehead atoms. The Bertz CT molecular complexity index is 1310. The molecule has 2 N–H and O–H groups in total. The van der Waals surface area contributed by atoms with Crippen LogP contribution in [-0.2, 0) is 6.42 Å². The van der Waals surface area contributed by atoms with E-state index in [2.05, 4.69) is 33.8 Å². The van der Waals surface area contributed by atoms with Crippen molar-refractivity contribution in [3.63, 3.8) is 0 Å². The first kappa shape index (κ1) is 22.1. The summed E-state index contributed by atoms with van der Waals surface area (Å²) < 4.78 is 15.2. The Hall–Kier alpha value is -3.76. The van der Waals surface area contributed by atoms with Crippen LogP contribution in [-0.4, -0.2) is 57.9 Å². The molecule has 2 aliphatic heterocycles. The zero-order chi connectivity index (χ0) is 23.8. The largest absolute Gasteiger partial charge is 0.384 e. The van der Waals surface area contributed by atoms with Gasteiger partial charge in [0.25, 0.3) is 5.91 Å². The number of pyridine rings is 2. The Labute approximate surface area is 198 Å². The molecule has 0 radical (unpaired) electrons. The highest BCUT2D eigenvalue weighted by Gasteiger charge is 2.44. The zero-order valence-corrected chi connectivity index (χ0v) is 19.3. The molecular formula is C27H26FN5O. The lowest BCUT2D eigenvalue weighted by molar-refractivity contribution is 0.0646. The van der Waals surface area contributed by atoms with Crippen LogP contribution < -0.4 is 5.73 Å². The van der Waals surface area contributed by atoms with Gasteiger partial charge < -0.3 is 10.6 Å². The lowest BCUT2D eigenvalue weighted by Crippen LogP contribution is -2.47. The maximum absolute atomic E-state index is 15.2. The molecule has 0 aliphatic carbocycles. The lowest BCUT2D eigenvalue weighted by Gasteiger charge is -2.32. The Morgan fingerprint density at radius 2 is 2.00 bits per heavy atom. The van der Waals surface area contributed by atoms with E-state index in [0.717, 1.165) is 35.3 Å². The number of amides is 1. The van der Waals surface area contributed by atoms with Crippen molar-refractivity contribution in [2.75, 3.05) is 25.9 Å². The van der Waals surface area contributed by atoms with E-state index in [0.29, 0.717) is 30.4 Å². The number of aryl methyl sites for hydroxylation is 1. The first-order valence-electron chi connectivity index (χ1n) is 11.5. The minimum absolute atomic E-state index is 0.115. The number of hydrogen-bond acceptors (Lipinski definition) is 5. The van der Waals surface area contributed by atoms with Crippen LogP contribution in [0.4, 0.5) is 10.2 Å². The fourth-order valence-electron chi connectivity index (χ4n) is 4.89. The minimum Gasteiger partial charge on any atom is -0.384 e. The Balaban J connectivity index is 1.47. The molecule has 0 spiro atoms. The van der Waals surface area contributed by atoms with E-state index in [-0.39, 0.29) is 17.5 Å². The molecule has 2 aromatic heterocycles. The van der Waals surface area contributed by atoms with E-state index in [1.54, 1.807) is 36.7 Å². The van der Waals surface area contributed by atoms with Crippen molar-refractivity contribution in [3.8, 4) is 23.0 Å². The summed E-state index contributed by atoms with van der Waals surface area (Å²) in [6.45, 7) is 3.51. The monoisotopic (exact) mass is 455 g/mol. The van der Waals surface area contributed by atoms with Crippen LogP contribution in [0.3, 0.4) is 0 Å². The van der Waals surface area contributed by atoms with Gasteiger partial charge in [-0.2, -0.15) is 0 Å². The predicted molar refractivity (Wildman–Crippen MR) is 129 cm³/mol. The van der Waals surface area contributed by atoms with Crippen LogP contribution in [0.2, 0.25) is 0 Å². The van der Waals surface area contributed by atoms with Gasteiger partial charge in [-0.05, 0) is 55.8 Å². The number of benzene rings is 1. The van der Waals surface area contributed by atoms with Crippen LogP contribution in [0.5, 0.6) is 0 Å². The molecule has 2 fully saturated rings. The fourth-order valence-corrected chi connectivity index (χ4v) is 4.89. The molecule has 4 heterocycles.